The van der Waals surface area contributed by atoms with E-state index in [9.17, 15) is 5.11 Å². The molecule has 0 fully saturated rings. The van der Waals surface area contributed by atoms with Crippen LogP contribution in [0.2, 0.25) is 0 Å². The van der Waals surface area contributed by atoms with Crippen molar-refractivity contribution in [3.63, 3.8) is 0 Å². The third-order valence-electron chi connectivity index (χ3n) is 3.60. The third-order valence-corrected chi connectivity index (χ3v) is 3.60. The Morgan fingerprint density at radius 2 is 1.63 bits per heavy atom. The highest BCUT2D eigenvalue weighted by atomic mass is 16.3. The van der Waals surface area contributed by atoms with Gasteiger partial charge in [0.15, 0.2) is 0 Å². The summed E-state index contributed by atoms with van der Waals surface area (Å²) in [6, 6.07) is 16.8. The number of benzene rings is 2. The molecule has 1 atom stereocenters. The first-order chi connectivity index (χ1) is 9.15. The fourth-order valence-electron chi connectivity index (χ4n) is 2.28. The Kier molecular flexibility index (Phi) is 4.75. The molecule has 0 amide bonds. The van der Waals surface area contributed by atoms with E-state index in [0.717, 1.165) is 19.3 Å². The lowest BCUT2D eigenvalue weighted by atomic mass is 9.98. The standard InChI is InChI=1S/C18H22O/c1-14-7-9-16(10-8-14)11-12-18(19)13-17-6-4-3-5-15(17)2/h3-10,18-19H,11-13H2,1-2H3. The molecule has 1 N–H and O–H groups in total. The van der Waals surface area contributed by atoms with Crippen LogP contribution in [0.25, 0.3) is 0 Å². The zero-order valence-electron chi connectivity index (χ0n) is 11.8. The number of hydrogen-bond donors (Lipinski definition) is 1. The highest BCUT2D eigenvalue weighted by Gasteiger charge is 2.07. The van der Waals surface area contributed by atoms with Gasteiger partial charge in [-0.25, -0.2) is 0 Å². The number of rotatable bonds is 5. The lowest BCUT2D eigenvalue weighted by molar-refractivity contribution is 0.165. The largest absolute Gasteiger partial charge is 0.393 e. The van der Waals surface area contributed by atoms with Gasteiger partial charge in [0.25, 0.3) is 0 Å². The minimum absolute atomic E-state index is 0.262. The van der Waals surface area contributed by atoms with Crippen LogP contribution in [0.1, 0.15) is 28.7 Å². The molecule has 0 saturated heterocycles. The van der Waals surface area contributed by atoms with Gasteiger partial charge in [-0.15, -0.1) is 0 Å². The molecule has 0 radical (unpaired) electrons. The molecular formula is C18H22O. The zero-order chi connectivity index (χ0) is 13.7. The van der Waals surface area contributed by atoms with Crippen LogP contribution in [-0.2, 0) is 12.8 Å². The van der Waals surface area contributed by atoms with Crippen molar-refractivity contribution in [1.82, 2.24) is 0 Å². The van der Waals surface area contributed by atoms with E-state index >= 15 is 0 Å². The average molecular weight is 254 g/mol. The van der Waals surface area contributed by atoms with E-state index in [1.807, 2.05) is 12.1 Å². The Morgan fingerprint density at radius 3 is 2.32 bits per heavy atom. The molecule has 0 bridgehead atoms. The van der Waals surface area contributed by atoms with E-state index in [-0.39, 0.29) is 6.10 Å². The molecule has 2 aromatic carbocycles. The summed E-state index contributed by atoms with van der Waals surface area (Å²) in [6.07, 6.45) is 2.24. The van der Waals surface area contributed by atoms with Crippen molar-refractivity contribution < 1.29 is 5.11 Å². The maximum atomic E-state index is 10.1. The summed E-state index contributed by atoms with van der Waals surface area (Å²) < 4.78 is 0. The van der Waals surface area contributed by atoms with Gasteiger partial charge in [-0.05, 0) is 49.8 Å². The van der Waals surface area contributed by atoms with E-state index in [2.05, 4.69) is 50.2 Å². The molecule has 0 aliphatic heterocycles. The van der Waals surface area contributed by atoms with Crippen LogP contribution >= 0.6 is 0 Å². The summed E-state index contributed by atoms with van der Waals surface area (Å²) in [4.78, 5) is 0. The van der Waals surface area contributed by atoms with E-state index in [1.54, 1.807) is 0 Å². The van der Waals surface area contributed by atoms with Crippen molar-refractivity contribution >= 4 is 0 Å². The SMILES string of the molecule is Cc1ccc(CCC(O)Cc2ccccc2C)cc1. The van der Waals surface area contributed by atoms with Crippen molar-refractivity contribution in [1.29, 1.82) is 0 Å². The minimum atomic E-state index is -0.262. The molecule has 2 aromatic rings. The Bertz CT molecular complexity index is 513. The van der Waals surface area contributed by atoms with Crippen molar-refractivity contribution in [2.45, 2.75) is 39.2 Å². The third kappa shape index (κ3) is 4.22. The molecule has 2 rings (SSSR count). The topological polar surface area (TPSA) is 20.2 Å². The molecule has 100 valence electrons. The van der Waals surface area contributed by atoms with E-state index in [4.69, 9.17) is 0 Å². The Labute approximate surface area is 115 Å². The summed E-state index contributed by atoms with van der Waals surface area (Å²) in [5.41, 5.74) is 5.09. The average Bonchev–Trinajstić information content (AvgIpc) is 2.41. The van der Waals surface area contributed by atoms with Gasteiger partial charge in [-0.1, -0.05) is 54.1 Å². The smallest absolute Gasteiger partial charge is 0.0583 e. The summed E-state index contributed by atoms with van der Waals surface area (Å²) in [6.45, 7) is 4.19. The Morgan fingerprint density at radius 1 is 0.947 bits per heavy atom. The highest BCUT2D eigenvalue weighted by Crippen LogP contribution is 2.13. The van der Waals surface area contributed by atoms with Gasteiger partial charge in [0, 0.05) is 0 Å². The minimum Gasteiger partial charge on any atom is -0.393 e. The van der Waals surface area contributed by atoms with E-state index in [0.29, 0.717) is 0 Å². The fourth-order valence-corrected chi connectivity index (χ4v) is 2.28. The van der Waals surface area contributed by atoms with Crippen molar-refractivity contribution in [2.24, 2.45) is 0 Å². The fraction of sp³-hybridized carbons (Fsp3) is 0.333. The molecule has 19 heavy (non-hydrogen) atoms. The molecule has 1 heteroatoms. The van der Waals surface area contributed by atoms with Crippen LogP contribution in [0.5, 0.6) is 0 Å². The van der Waals surface area contributed by atoms with Crippen LogP contribution in [0.3, 0.4) is 0 Å². The lowest BCUT2D eigenvalue weighted by Gasteiger charge is -2.12. The quantitative estimate of drug-likeness (QED) is 0.859. The molecule has 0 spiro atoms. The molecular weight excluding hydrogens is 232 g/mol. The molecule has 0 aliphatic rings. The van der Waals surface area contributed by atoms with Crippen molar-refractivity contribution in [2.75, 3.05) is 0 Å². The number of hydrogen-bond acceptors (Lipinski definition) is 1. The van der Waals surface area contributed by atoms with Crippen LogP contribution in [0, 0.1) is 13.8 Å². The van der Waals surface area contributed by atoms with Crippen LogP contribution in [0.4, 0.5) is 0 Å². The van der Waals surface area contributed by atoms with Gasteiger partial charge in [0.2, 0.25) is 0 Å². The van der Waals surface area contributed by atoms with Gasteiger partial charge in [-0.2, -0.15) is 0 Å². The van der Waals surface area contributed by atoms with Gasteiger partial charge < -0.3 is 5.11 Å². The van der Waals surface area contributed by atoms with Gasteiger partial charge in [0.1, 0.15) is 0 Å². The number of aryl methyl sites for hydroxylation is 3. The molecule has 0 heterocycles. The molecule has 0 saturated carbocycles. The normalized spacial score (nSPS) is 12.4. The predicted octanol–water partition coefficient (Wildman–Crippen LogP) is 3.84. The molecule has 1 nitrogen and oxygen atoms in total. The second kappa shape index (κ2) is 6.53. The first kappa shape index (κ1) is 13.8. The first-order valence-electron chi connectivity index (χ1n) is 6.93. The zero-order valence-corrected chi connectivity index (χ0v) is 11.8. The number of aliphatic hydroxyl groups excluding tert-OH is 1. The highest BCUT2D eigenvalue weighted by molar-refractivity contribution is 5.26. The molecule has 0 aromatic heterocycles. The Balaban J connectivity index is 1.86. The second-order valence-electron chi connectivity index (χ2n) is 5.31. The summed E-state index contributed by atoms with van der Waals surface area (Å²) in [7, 11) is 0. The first-order valence-corrected chi connectivity index (χ1v) is 6.93. The van der Waals surface area contributed by atoms with Crippen molar-refractivity contribution in [3.05, 3.63) is 70.8 Å². The second-order valence-corrected chi connectivity index (χ2v) is 5.31. The maximum absolute atomic E-state index is 10.1. The monoisotopic (exact) mass is 254 g/mol. The number of aliphatic hydroxyl groups is 1. The summed E-state index contributed by atoms with van der Waals surface area (Å²) in [5, 5.41) is 10.1. The van der Waals surface area contributed by atoms with E-state index in [1.165, 1.54) is 22.3 Å². The van der Waals surface area contributed by atoms with Crippen LogP contribution < -0.4 is 0 Å². The van der Waals surface area contributed by atoms with Gasteiger partial charge >= 0.3 is 0 Å². The Hall–Kier alpha value is -1.60. The van der Waals surface area contributed by atoms with Gasteiger partial charge in [-0.3, -0.25) is 0 Å². The maximum Gasteiger partial charge on any atom is 0.0583 e. The van der Waals surface area contributed by atoms with Crippen LogP contribution in [0.15, 0.2) is 48.5 Å². The summed E-state index contributed by atoms with van der Waals surface area (Å²) in [5.74, 6) is 0. The van der Waals surface area contributed by atoms with E-state index < -0.39 is 0 Å². The predicted molar refractivity (Wildman–Crippen MR) is 80.4 cm³/mol. The molecule has 0 aliphatic carbocycles. The van der Waals surface area contributed by atoms with Crippen molar-refractivity contribution in [3.8, 4) is 0 Å². The molecule has 1 unspecified atom stereocenters. The van der Waals surface area contributed by atoms with Gasteiger partial charge in [0.05, 0.1) is 6.10 Å². The lowest BCUT2D eigenvalue weighted by Crippen LogP contribution is -2.12. The van der Waals surface area contributed by atoms with Crippen LogP contribution in [-0.4, -0.2) is 11.2 Å². The summed E-state index contributed by atoms with van der Waals surface area (Å²) >= 11 is 0.